The minimum atomic E-state index is -0.638. The van der Waals surface area contributed by atoms with Crippen LogP contribution in [0.15, 0.2) is 18.2 Å². The first kappa shape index (κ1) is 16.2. The summed E-state index contributed by atoms with van der Waals surface area (Å²) in [5.41, 5.74) is 4.71. The van der Waals surface area contributed by atoms with Crippen LogP contribution in [0.1, 0.15) is 40.0 Å². The van der Waals surface area contributed by atoms with Crippen molar-refractivity contribution in [3.63, 3.8) is 0 Å². The lowest BCUT2D eigenvalue weighted by atomic mass is 9.73. The standard InChI is InChI=1S/C18H22N4O4/c23-16-13-2-1-12(21-6-4-18(5-7-21)10-19-11-18)9-14(13)17(24)22(16)15-3-8-25-20-26-15/h1-2,9,15,19-20H,3-8,10-11H2. The molecule has 4 heterocycles. The molecular formula is C18H22N4O4. The molecule has 3 fully saturated rings. The second-order valence-electron chi connectivity index (χ2n) is 7.59. The van der Waals surface area contributed by atoms with Gasteiger partial charge in [-0.3, -0.25) is 19.3 Å². The third kappa shape index (κ3) is 2.44. The summed E-state index contributed by atoms with van der Waals surface area (Å²) in [7, 11) is 0. The van der Waals surface area contributed by atoms with Crippen molar-refractivity contribution in [2.45, 2.75) is 25.5 Å². The number of carbonyl (C=O) groups is 2. The molecule has 0 saturated carbocycles. The summed E-state index contributed by atoms with van der Waals surface area (Å²) in [6, 6.07) is 5.58. The lowest BCUT2D eigenvalue weighted by Gasteiger charge is -2.49. The number of rotatable bonds is 2. The molecule has 3 saturated heterocycles. The zero-order valence-electron chi connectivity index (χ0n) is 14.5. The van der Waals surface area contributed by atoms with E-state index >= 15 is 0 Å². The van der Waals surface area contributed by atoms with Crippen molar-refractivity contribution in [2.75, 3.05) is 37.7 Å². The average Bonchev–Trinajstić information content (AvgIpc) is 2.91. The van der Waals surface area contributed by atoms with Gasteiger partial charge in [0, 0.05) is 38.3 Å². The highest BCUT2D eigenvalue weighted by Crippen LogP contribution is 2.37. The number of hydrogen-bond acceptors (Lipinski definition) is 7. The maximum absolute atomic E-state index is 12.8. The fraction of sp³-hybridized carbons (Fsp3) is 0.556. The average molecular weight is 358 g/mol. The first-order chi connectivity index (χ1) is 12.7. The maximum Gasteiger partial charge on any atom is 0.263 e. The number of carbonyl (C=O) groups excluding carboxylic acids is 2. The van der Waals surface area contributed by atoms with Gasteiger partial charge in [-0.25, -0.2) is 4.90 Å². The first-order valence-electron chi connectivity index (χ1n) is 9.17. The molecule has 8 nitrogen and oxygen atoms in total. The van der Waals surface area contributed by atoms with Crippen molar-refractivity contribution in [3.8, 4) is 0 Å². The zero-order valence-corrected chi connectivity index (χ0v) is 14.5. The minimum Gasteiger partial charge on any atom is -0.371 e. The Hall–Kier alpha value is -2.00. The van der Waals surface area contributed by atoms with Gasteiger partial charge in [0.05, 0.1) is 17.7 Å². The van der Waals surface area contributed by atoms with Crippen LogP contribution in [-0.2, 0) is 9.68 Å². The van der Waals surface area contributed by atoms with Gasteiger partial charge in [0.1, 0.15) is 0 Å². The minimum absolute atomic E-state index is 0.294. The topological polar surface area (TPSA) is 83.1 Å². The Morgan fingerprint density at radius 2 is 1.85 bits per heavy atom. The molecule has 0 aromatic heterocycles. The van der Waals surface area contributed by atoms with Gasteiger partial charge in [-0.1, -0.05) is 5.64 Å². The van der Waals surface area contributed by atoms with E-state index in [1.165, 1.54) is 4.90 Å². The van der Waals surface area contributed by atoms with Crippen molar-refractivity contribution in [2.24, 2.45) is 5.41 Å². The van der Waals surface area contributed by atoms with Crippen molar-refractivity contribution in [1.29, 1.82) is 0 Å². The van der Waals surface area contributed by atoms with E-state index in [4.69, 9.17) is 9.68 Å². The third-order valence-corrected chi connectivity index (χ3v) is 6.09. The normalized spacial score (nSPS) is 27.6. The first-order valence-corrected chi connectivity index (χ1v) is 9.17. The molecule has 1 aromatic carbocycles. The van der Waals surface area contributed by atoms with Crippen LogP contribution in [0.5, 0.6) is 0 Å². The Bertz CT molecular complexity index is 748. The van der Waals surface area contributed by atoms with Crippen LogP contribution < -0.4 is 15.9 Å². The van der Waals surface area contributed by atoms with E-state index in [2.05, 4.69) is 15.9 Å². The van der Waals surface area contributed by atoms with Crippen molar-refractivity contribution in [1.82, 2.24) is 15.9 Å². The smallest absolute Gasteiger partial charge is 0.263 e. The number of benzene rings is 1. The lowest BCUT2D eigenvalue weighted by Crippen LogP contribution is -2.58. The summed E-state index contributed by atoms with van der Waals surface area (Å²) in [5, 5.41) is 3.37. The van der Waals surface area contributed by atoms with Crippen LogP contribution in [0.25, 0.3) is 0 Å². The maximum atomic E-state index is 12.8. The Kier molecular flexibility index (Phi) is 3.75. The van der Waals surface area contributed by atoms with Gasteiger partial charge >= 0.3 is 0 Å². The largest absolute Gasteiger partial charge is 0.371 e. The van der Waals surface area contributed by atoms with Gasteiger partial charge in [0.25, 0.3) is 11.8 Å². The number of nitrogens with zero attached hydrogens (tertiary/aromatic N) is 2. The monoisotopic (exact) mass is 358 g/mol. The summed E-state index contributed by atoms with van der Waals surface area (Å²) in [6.45, 7) is 4.59. The van der Waals surface area contributed by atoms with Gasteiger partial charge in [0.2, 0.25) is 0 Å². The van der Waals surface area contributed by atoms with E-state index in [1.54, 1.807) is 6.07 Å². The van der Waals surface area contributed by atoms with Crippen LogP contribution in [0.3, 0.4) is 0 Å². The van der Waals surface area contributed by atoms with Crippen LogP contribution in [0.4, 0.5) is 5.69 Å². The van der Waals surface area contributed by atoms with Gasteiger partial charge in [-0.15, -0.1) is 0 Å². The summed E-state index contributed by atoms with van der Waals surface area (Å²) in [5.74, 6) is -0.597. The van der Waals surface area contributed by atoms with Crippen LogP contribution in [-0.4, -0.2) is 55.7 Å². The molecule has 2 N–H and O–H groups in total. The quantitative estimate of drug-likeness (QED) is 0.751. The number of piperidine rings is 1. The predicted molar refractivity (Wildman–Crippen MR) is 92.3 cm³/mol. The number of imide groups is 1. The highest BCUT2D eigenvalue weighted by atomic mass is 16.9. The molecule has 26 heavy (non-hydrogen) atoms. The summed E-state index contributed by atoms with van der Waals surface area (Å²) < 4.78 is 0. The van der Waals surface area contributed by atoms with Gasteiger partial charge in [0.15, 0.2) is 6.23 Å². The van der Waals surface area contributed by atoms with E-state index in [0.717, 1.165) is 44.7 Å². The zero-order chi connectivity index (χ0) is 17.7. The number of hydrogen-bond donors (Lipinski definition) is 2. The SMILES string of the molecule is O=C1c2ccc(N3CCC4(CC3)CNC4)cc2C(=O)N1C1CCONO1. The third-order valence-electron chi connectivity index (χ3n) is 6.09. The second kappa shape index (κ2) is 6.02. The fourth-order valence-electron chi connectivity index (χ4n) is 4.31. The summed E-state index contributed by atoms with van der Waals surface area (Å²) in [6.07, 6.45) is 2.14. The predicted octanol–water partition coefficient (Wildman–Crippen LogP) is 0.655. The van der Waals surface area contributed by atoms with Crippen molar-refractivity contribution < 1.29 is 19.3 Å². The van der Waals surface area contributed by atoms with Crippen molar-refractivity contribution >= 4 is 17.5 Å². The molecule has 4 aliphatic rings. The van der Waals surface area contributed by atoms with Gasteiger partial charge in [-0.2, -0.15) is 0 Å². The summed E-state index contributed by atoms with van der Waals surface area (Å²) in [4.78, 5) is 39.1. The molecule has 1 unspecified atom stereocenters. The molecule has 1 aromatic rings. The van der Waals surface area contributed by atoms with E-state index in [1.807, 2.05) is 12.1 Å². The molecule has 0 radical (unpaired) electrons. The molecule has 0 bridgehead atoms. The van der Waals surface area contributed by atoms with Crippen LogP contribution in [0, 0.1) is 5.41 Å². The molecule has 138 valence electrons. The molecule has 2 amide bonds. The number of nitrogens with one attached hydrogen (secondary N) is 2. The van der Waals surface area contributed by atoms with E-state index < -0.39 is 6.23 Å². The van der Waals surface area contributed by atoms with Crippen LogP contribution in [0.2, 0.25) is 0 Å². The second-order valence-corrected chi connectivity index (χ2v) is 7.59. The molecule has 4 aliphatic heterocycles. The van der Waals surface area contributed by atoms with E-state index in [9.17, 15) is 9.59 Å². The molecule has 1 spiro atoms. The highest BCUT2D eigenvalue weighted by molar-refractivity contribution is 6.21. The van der Waals surface area contributed by atoms with Crippen molar-refractivity contribution in [3.05, 3.63) is 29.3 Å². The van der Waals surface area contributed by atoms with Crippen LogP contribution >= 0.6 is 0 Å². The Morgan fingerprint density at radius 1 is 1.08 bits per heavy atom. The Morgan fingerprint density at radius 3 is 2.50 bits per heavy atom. The molecule has 0 aliphatic carbocycles. The molecular weight excluding hydrogens is 336 g/mol. The fourth-order valence-corrected chi connectivity index (χ4v) is 4.31. The summed E-state index contributed by atoms with van der Waals surface area (Å²) >= 11 is 0. The highest BCUT2D eigenvalue weighted by Gasteiger charge is 2.43. The molecule has 8 heteroatoms. The van der Waals surface area contributed by atoms with E-state index in [-0.39, 0.29) is 11.8 Å². The number of amides is 2. The molecule has 1 atom stereocenters. The Labute approximate surface area is 151 Å². The number of anilines is 1. The van der Waals surface area contributed by atoms with Gasteiger partial charge in [-0.05, 0) is 36.5 Å². The Balaban J connectivity index is 1.36. The van der Waals surface area contributed by atoms with E-state index in [0.29, 0.717) is 29.6 Å². The molecule has 5 rings (SSSR count). The van der Waals surface area contributed by atoms with Gasteiger partial charge < -0.3 is 10.2 Å². The number of fused-ring (bicyclic) bond motifs is 1. The lowest BCUT2D eigenvalue weighted by molar-refractivity contribution is -0.259.